The van der Waals surface area contributed by atoms with Crippen LogP contribution >= 0.6 is 0 Å². The fourth-order valence-electron chi connectivity index (χ4n) is 4.39. The summed E-state index contributed by atoms with van der Waals surface area (Å²) in [5, 5.41) is 10.1. The third-order valence-corrected chi connectivity index (χ3v) is 6.05. The highest BCUT2D eigenvalue weighted by Crippen LogP contribution is 2.38. The van der Waals surface area contributed by atoms with Crippen LogP contribution in [-0.4, -0.2) is 31.5 Å². The van der Waals surface area contributed by atoms with Gasteiger partial charge in [-0.1, -0.05) is 37.5 Å². The molecule has 3 rings (SSSR count). The van der Waals surface area contributed by atoms with Crippen molar-refractivity contribution in [2.75, 3.05) is 14.2 Å². The van der Waals surface area contributed by atoms with Crippen LogP contribution in [0.4, 0.5) is 0 Å². The largest absolute Gasteiger partial charge is 0.504 e. The smallest absolute Gasteiger partial charge is 0.164 e. The van der Waals surface area contributed by atoms with Gasteiger partial charge in [0, 0.05) is 0 Å². The van der Waals surface area contributed by atoms with E-state index in [0.717, 1.165) is 41.7 Å². The summed E-state index contributed by atoms with van der Waals surface area (Å²) in [5.41, 5.74) is 3.05. The fourth-order valence-corrected chi connectivity index (χ4v) is 4.39. The van der Waals surface area contributed by atoms with E-state index in [1.807, 2.05) is 38.1 Å². The van der Waals surface area contributed by atoms with Crippen LogP contribution in [0.1, 0.15) is 61.8 Å². The van der Waals surface area contributed by atoms with Crippen molar-refractivity contribution in [1.82, 2.24) is 0 Å². The Hall–Kier alpha value is -2.66. The van der Waals surface area contributed by atoms with E-state index in [4.69, 9.17) is 18.9 Å². The number of benzene rings is 2. The maximum absolute atomic E-state index is 10.1. The van der Waals surface area contributed by atoms with Crippen LogP contribution in [0, 0.1) is 6.92 Å². The molecule has 5 heteroatoms. The minimum absolute atomic E-state index is 0.108. The first kappa shape index (κ1) is 24.0. The van der Waals surface area contributed by atoms with Crippen LogP contribution in [0.25, 0.3) is 0 Å². The molecule has 1 saturated carbocycles. The first-order valence-corrected chi connectivity index (χ1v) is 11.4. The van der Waals surface area contributed by atoms with Crippen LogP contribution in [0.2, 0.25) is 0 Å². The first-order chi connectivity index (χ1) is 15.5. The minimum Gasteiger partial charge on any atom is -0.504 e. The summed E-state index contributed by atoms with van der Waals surface area (Å²) >= 11 is 0. The molecule has 2 aromatic carbocycles. The molecule has 2 atom stereocenters. The Bertz CT molecular complexity index is 901. The molecule has 0 radical (unpaired) electrons. The van der Waals surface area contributed by atoms with E-state index in [1.165, 1.54) is 19.3 Å². The SMILES string of the molecule is C=CCc1cc(C)c(OC(C)C(OC2CCCCC2)c2ccc(O)c(OC)c2)c(OC)c1. The Balaban J connectivity index is 1.91. The number of phenols is 1. The number of hydrogen-bond donors (Lipinski definition) is 1. The Labute approximate surface area is 192 Å². The second-order valence-electron chi connectivity index (χ2n) is 8.51. The molecular formula is C27H36O5. The van der Waals surface area contributed by atoms with Crippen molar-refractivity contribution in [3.8, 4) is 23.0 Å². The van der Waals surface area contributed by atoms with Crippen molar-refractivity contribution in [2.24, 2.45) is 0 Å². The highest BCUT2D eigenvalue weighted by molar-refractivity contribution is 5.49. The number of rotatable bonds is 10. The second-order valence-corrected chi connectivity index (χ2v) is 8.51. The predicted molar refractivity (Wildman–Crippen MR) is 127 cm³/mol. The molecule has 0 bridgehead atoms. The number of phenolic OH excluding ortho intramolecular Hbond substituents is 1. The molecule has 5 nitrogen and oxygen atoms in total. The van der Waals surface area contributed by atoms with Gasteiger partial charge < -0.3 is 24.1 Å². The van der Waals surface area contributed by atoms with Gasteiger partial charge in [0.2, 0.25) is 0 Å². The van der Waals surface area contributed by atoms with Gasteiger partial charge in [0.15, 0.2) is 23.0 Å². The molecule has 1 aliphatic carbocycles. The van der Waals surface area contributed by atoms with Crippen molar-refractivity contribution in [2.45, 2.75) is 70.7 Å². The molecule has 0 aromatic heterocycles. The quantitative estimate of drug-likeness (QED) is 0.439. The lowest BCUT2D eigenvalue weighted by Crippen LogP contribution is -2.30. The summed E-state index contributed by atoms with van der Waals surface area (Å²) < 4.78 is 24.1. The number of hydrogen-bond acceptors (Lipinski definition) is 5. The van der Waals surface area contributed by atoms with Crippen LogP contribution < -0.4 is 14.2 Å². The lowest BCUT2D eigenvalue weighted by atomic mass is 9.96. The van der Waals surface area contributed by atoms with Gasteiger partial charge in [0.1, 0.15) is 12.2 Å². The van der Waals surface area contributed by atoms with Crippen LogP contribution in [0.15, 0.2) is 43.0 Å². The van der Waals surface area contributed by atoms with Gasteiger partial charge in [-0.05, 0) is 68.0 Å². The molecule has 1 fully saturated rings. The van der Waals surface area contributed by atoms with E-state index in [2.05, 4.69) is 12.6 Å². The number of aryl methyl sites for hydroxylation is 1. The van der Waals surface area contributed by atoms with Crippen molar-refractivity contribution < 1.29 is 24.1 Å². The van der Waals surface area contributed by atoms with Crippen molar-refractivity contribution in [3.05, 3.63) is 59.7 Å². The zero-order valence-electron chi connectivity index (χ0n) is 19.7. The number of ether oxygens (including phenoxy) is 4. The molecule has 2 unspecified atom stereocenters. The third kappa shape index (κ3) is 5.77. The molecule has 0 aliphatic heterocycles. The maximum Gasteiger partial charge on any atom is 0.164 e. The third-order valence-electron chi connectivity index (χ3n) is 6.05. The number of methoxy groups -OCH3 is 2. The van der Waals surface area contributed by atoms with E-state index in [1.54, 1.807) is 20.3 Å². The van der Waals surface area contributed by atoms with Gasteiger partial charge in [0.05, 0.1) is 20.3 Å². The van der Waals surface area contributed by atoms with Crippen LogP contribution in [-0.2, 0) is 11.2 Å². The fraction of sp³-hybridized carbons (Fsp3) is 0.481. The van der Waals surface area contributed by atoms with Gasteiger partial charge in [-0.15, -0.1) is 6.58 Å². The molecular weight excluding hydrogens is 404 g/mol. The lowest BCUT2D eigenvalue weighted by Gasteiger charge is -2.32. The summed E-state index contributed by atoms with van der Waals surface area (Å²) in [5.74, 6) is 1.95. The van der Waals surface area contributed by atoms with E-state index in [0.29, 0.717) is 11.5 Å². The van der Waals surface area contributed by atoms with E-state index >= 15 is 0 Å². The van der Waals surface area contributed by atoms with Crippen LogP contribution in [0.5, 0.6) is 23.0 Å². The number of aromatic hydroxyl groups is 1. The second kappa shape index (κ2) is 11.3. The van der Waals surface area contributed by atoms with E-state index in [-0.39, 0.29) is 24.1 Å². The average Bonchev–Trinajstić information content (AvgIpc) is 2.80. The van der Waals surface area contributed by atoms with Crippen molar-refractivity contribution >= 4 is 0 Å². The molecule has 1 N–H and O–H groups in total. The van der Waals surface area contributed by atoms with Gasteiger partial charge in [-0.3, -0.25) is 0 Å². The molecule has 174 valence electrons. The standard InChI is InChI=1S/C27H36O5/c1-6-10-20-15-18(2)26(25(16-20)30-5)31-19(3)27(32-22-11-8-7-9-12-22)21-13-14-23(28)24(17-21)29-4/h6,13-17,19,22,27-28H,1,7-12H2,2-5H3. The van der Waals surface area contributed by atoms with Gasteiger partial charge in [0.25, 0.3) is 0 Å². The van der Waals surface area contributed by atoms with Gasteiger partial charge >= 0.3 is 0 Å². The lowest BCUT2D eigenvalue weighted by molar-refractivity contribution is -0.0774. The summed E-state index contributed by atoms with van der Waals surface area (Å²) in [6.45, 7) is 7.87. The van der Waals surface area contributed by atoms with Gasteiger partial charge in [-0.25, -0.2) is 0 Å². The Morgan fingerprint density at radius 3 is 2.44 bits per heavy atom. The molecule has 32 heavy (non-hydrogen) atoms. The topological polar surface area (TPSA) is 57.2 Å². The minimum atomic E-state index is -0.315. The molecule has 0 saturated heterocycles. The normalized spacial score (nSPS) is 16.2. The summed E-state index contributed by atoms with van der Waals surface area (Å²) in [6, 6.07) is 9.46. The van der Waals surface area contributed by atoms with E-state index < -0.39 is 0 Å². The van der Waals surface area contributed by atoms with Crippen LogP contribution in [0.3, 0.4) is 0 Å². The molecule has 0 heterocycles. The first-order valence-electron chi connectivity index (χ1n) is 11.4. The Kier molecular flexibility index (Phi) is 8.46. The molecule has 0 amide bonds. The molecule has 1 aliphatic rings. The molecule has 2 aromatic rings. The summed E-state index contributed by atoms with van der Waals surface area (Å²) in [4.78, 5) is 0. The Morgan fingerprint density at radius 1 is 1.06 bits per heavy atom. The van der Waals surface area contributed by atoms with Gasteiger partial charge in [-0.2, -0.15) is 0 Å². The highest BCUT2D eigenvalue weighted by Gasteiger charge is 2.29. The van der Waals surface area contributed by atoms with E-state index in [9.17, 15) is 5.11 Å². The Morgan fingerprint density at radius 2 is 1.78 bits per heavy atom. The number of allylic oxidation sites excluding steroid dienone is 1. The van der Waals surface area contributed by atoms with Crippen molar-refractivity contribution in [3.63, 3.8) is 0 Å². The average molecular weight is 441 g/mol. The summed E-state index contributed by atoms with van der Waals surface area (Å²) in [6.07, 6.45) is 7.97. The van der Waals surface area contributed by atoms with Crippen molar-refractivity contribution in [1.29, 1.82) is 0 Å². The zero-order valence-corrected chi connectivity index (χ0v) is 19.7. The monoisotopic (exact) mass is 440 g/mol. The summed E-state index contributed by atoms with van der Waals surface area (Å²) in [7, 11) is 3.21. The maximum atomic E-state index is 10.1. The highest BCUT2D eigenvalue weighted by atomic mass is 16.6. The predicted octanol–water partition coefficient (Wildman–Crippen LogP) is 6.30. The molecule has 0 spiro atoms. The zero-order chi connectivity index (χ0) is 23.1.